The molecule has 2 aromatic rings. The van der Waals surface area contributed by atoms with Gasteiger partial charge in [0.15, 0.2) is 17.4 Å². The molecule has 1 saturated heterocycles. The molecule has 4 atom stereocenters. The summed E-state index contributed by atoms with van der Waals surface area (Å²) in [6.45, 7) is -0.671. The van der Waals surface area contributed by atoms with Crippen molar-refractivity contribution in [1.82, 2.24) is 19.5 Å². The zero-order valence-corrected chi connectivity index (χ0v) is 12.0. The van der Waals surface area contributed by atoms with Gasteiger partial charge in [0.1, 0.15) is 12.2 Å². The first-order valence-electron chi connectivity index (χ1n) is 6.19. The Kier molecular flexibility index (Phi) is 3.65. The zero-order valence-electron chi connectivity index (χ0n) is 11.2. The van der Waals surface area contributed by atoms with E-state index < -0.39 is 30.9 Å². The van der Waals surface area contributed by atoms with Gasteiger partial charge in [-0.2, -0.15) is 9.97 Å². The van der Waals surface area contributed by atoms with Gasteiger partial charge in [0.05, 0.1) is 20.0 Å². The highest BCUT2D eigenvalue weighted by Crippen LogP contribution is 2.41. The predicted molar refractivity (Wildman–Crippen MR) is 69.9 cm³/mol. The monoisotopic (exact) mass is 334 g/mol. The molecule has 0 amide bonds. The first-order valence-corrected chi connectivity index (χ1v) is 6.57. The van der Waals surface area contributed by atoms with E-state index in [-0.39, 0.29) is 22.3 Å². The van der Waals surface area contributed by atoms with Crippen LogP contribution in [0.3, 0.4) is 0 Å². The summed E-state index contributed by atoms with van der Waals surface area (Å²) in [4.78, 5) is 11.7. The summed E-state index contributed by atoms with van der Waals surface area (Å²) in [5.74, 6) is -3.08. The number of fused-ring (bicyclic) bond motifs is 1. The molecule has 0 spiro atoms. The van der Waals surface area contributed by atoms with Crippen LogP contribution >= 0.6 is 11.6 Å². The fourth-order valence-electron chi connectivity index (χ4n) is 2.32. The van der Waals surface area contributed by atoms with Crippen molar-refractivity contribution in [3.63, 3.8) is 0 Å². The number of imidazole rings is 1. The molecule has 2 aromatic heterocycles. The molecule has 0 unspecified atom stereocenters. The number of aliphatic hydroxyl groups is 3. The second-order valence-electron chi connectivity index (χ2n) is 4.71. The molecule has 0 bridgehead atoms. The number of hydrogen-bond donors (Lipinski definition) is 3. The molecule has 3 rings (SSSR count). The number of rotatable bonds is 3. The molecule has 11 heteroatoms. The van der Waals surface area contributed by atoms with E-state index in [4.69, 9.17) is 26.2 Å². The molecular formula is C11H12ClFN4O5. The smallest absolute Gasteiger partial charge is 0.281 e. The molecule has 3 heterocycles. The van der Waals surface area contributed by atoms with Crippen LogP contribution in [0.25, 0.3) is 11.2 Å². The molecule has 9 nitrogen and oxygen atoms in total. The summed E-state index contributed by atoms with van der Waals surface area (Å²) in [5, 5.41) is 28.4. The van der Waals surface area contributed by atoms with Crippen LogP contribution in [0.15, 0.2) is 6.33 Å². The van der Waals surface area contributed by atoms with Crippen LogP contribution in [0.1, 0.15) is 6.23 Å². The maximum Gasteiger partial charge on any atom is 0.281 e. The molecule has 1 fully saturated rings. The number of ether oxygens (including phenoxy) is 2. The minimum absolute atomic E-state index is 0.0451. The highest BCUT2D eigenvalue weighted by atomic mass is 35.5. The summed E-state index contributed by atoms with van der Waals surface area (Å²) in [5.41, 5.74) is 0.219. The van der Waals surface area contributed by atoms with Crippen molar-refractivity contribution in [2.24, 2.45) is 0 Å². The first kappa shape index (κ1) is 15.3. The van der Waals surface area contributed by atoms with Gasteiger partial charge in [0.2, 0.25) is 11.2 Å². The molecular weight excluding hydrogens is 323 g/mol. The molecule has 22 heavy (non-hydrogen) atoms. The summed E-state index contributed by atoms with van der Waals surface area (Å²) >= 11 is 5.76. The van der Waals surface area contributed by atoms with E-state index in [9.17, 15) is 14.6 Å². The number of aliphatic hydroxyl groups excluding tert-OH is 2. The van der Waals surface area contributed by atoms with Crippen LogP contribution in [0.4, 0.5) is 4.39 Å². The van der Waals surface area contributed by atoms with E-state index in [1.807, 2.05) is 0 Å². The Morgan fingerprint density at radius 3 is 2.86 bits per heavy atom. The third-order valence-corrected chi connectivity index (χ3v) is 3.57. The van der Waals surface area contributed by atoms with Gasteiger partial charge in [-0.15, -0.1) is 0 Å². The van der Waals surface area contributed by atoms with Crippen LogP contribution in [-0.2, 0) is 4.74 Å². The number of aromatic nitrogens is 4. The molecule has 1 aliphatic rings. The van der Waals surface area contributed by atoms with Crippen molar-refractivity contribution in [2.75, 3.05) is 13.7 Å². The van der Waals surface area contributed by atoms with Crippen molar-refractivity contribution < 1.29 is 29.2 Å². The van der Waals surface area contributed by atoms with Crippen LogP contribution in [0.5, 0.6) is 5.88 Å². The number of nitrogens with zero attached hydrogens (tertiary/aromatic N) is 4. The number of halogens is 2. The number of hydrogen-bond acceptors (Lipinski definition) is 8. The van der Waals surface area contributed by atoms with E-state index in [1.165, 1.54) is 7.11 Å². The third-order valence-electron chi connectivity index (χ3n) is 3.41. The minimum Gasteiger partial charge on any atom is -0.479 e. The molecule has 0 aromatic carbocycles. The van der Waals surface area contributed by atoms with E-state index in [0.717, 1.165) is 10.9 Å². The average Bonchev–Trinajstić information content (AvgIpc) is 2.98. The second-order valence-corrected chi connectivity index (χ2v) is 5.05. The van der Waals surface area contributed by atoms with E-state index in [0.29, 0.717) is 0 Å². The minimum atomic E-state index is -3.15. The van der Waals surface area contributed by atoms with Crippen molar-refractivity contribution in [1.29, 1.82) is 0 Å². The highest BCUT2D eigenvalue weighted by Gasteiger charge is 2.57. The molecule has 120 valence electrons. The lowest BCUT2D eigenvalue weighted by Gasteiger charge is -2.23. The van der Waals surface area contributed by atoms with Crippen LogP contribution in [0.2, 0.25) is 5.28 Å². The third kappa shape index (κ3) is 2.11. The fraction of sp³-hybridized carbons (Fsp3) is 0.545. The summed E-state index contributed by atoms with van der Waals surface area (Å²) in [6.07, 6.45) is -3.75. The molecule has 3 N–H and O–H groups in total. The molecule has 0 saturated carbocycles. The standard InChI is InChI=1S/C11H12ClFN4O5/c1-21-8-5-7(15-10(12)16-8)17(3-14-5)9-11(13,20)6(19)4(2-18)22-9/h3-4,6,9,18-20H,2H2,1H3/t4-,6-,9-,11+/m1/s1. The Bertz CT molecular complexity index is 711. The maximum atomic E-state index is 14.4. The molecule has 0 radical (unpaired) electrons. The van der Waals surface area contributed by atoms with Gasteiger partial charge in [-0.1, -0.05) is 0 Å². The van der Waals surface area contributed by atoms with Crippen LogP contribution in [-0.4, -0.2) is 66.6 Å². The van der Waals surface area contributed by atoms with Crippen molar-refractivity contribution in [3.8, 4) is 5.88 Å². The van der Waals surface area contributed by atoms with Crippen LogP contribution < -0.4 is 4.74 Å². The highest BCUT2D eigenvalue weighted by molar-refractivity contribution is 6.28. The molecule has 1 aliphatic heterocycles. The summed E-state index contributed by atoms with van der Waals surface area (Å²) in [7, 11) is 1.35. The summed E-state index contributed by atoms with van der Waals surface area (Å²) < 4.78 is 25.6. The quantitative estimate of drug-likeness (QED) is 0.636. The average molecular weight is 335 g/mol. The molecule has 0 aliphatic carbocycles. The van der Waals surface area contributed by atoms with Crippen molar-refractivity contribution in [3.05, 3.63) is 11.6 Å². The lowest BCUT2D eigenvalue weighted by atomic mass is 10.1. The van der Waals surface area contributed by atoms with Gasteiger partial charge in [-0.05, 0) is 11.6 Å². The predicted octanol–water partition coefficient (Wildman–Crippen LogP) is -0.603. The van der Waals surface area contributed by atoms with Gasteiger partial charge in [0.25, 0.3) is 5.85 Å². The lowest BCUT2D eigenvalue weighted by molar-refractivity contribution is -0.195. The largest absolute Gasteiger partial charge is 0.479 e. The van der Waals surface area contributed by atoms with Crippen molar-refractivity contribution >= 4 is 22.8 Å². The second kappa shape index (κ2) is 5.25. The Morgan fingerprint density at radius 2 is 2.27 bits per heavy atom. The Hall–Kier alpha value is -1.59. The van der Waals surface area contributed by atoms with Gasteiger partial charge in [0, 0.05) is 0 Å². The lowest BCUT2D eigenvalue weighted by Crippen LogP contribution is -2.43. The normalized spacial score (nSPS) is 31.8. The van der Waals surface area contributed by atoms with Gasteiger partial charge < -0.3 is 24.8 Å². The SMILES string of the molecule is COc1nc(Cl)nc2c1ncn2[C@@H]1O[C@H](CO)[C@@H](O)[C@@]1(O)F. The van der Waals surface area contributed by atoms with Crippen LogP contribution in [0, 0.1) is 0 Å². The first-order chi connectivity index (χ1) is 10.4. The van der Waals surface area contributed by atoms with E-state index in [2.05, 4.69) is 15.0 Å². The van der Waals surface area contributed by atoms with E-state index >= 15 is 0 Å². The Balaban J connectivity index is 2.13. The van der Waals surface area contributed by atoms with Gasteiger partial charge in [-0.25, -0.2) is 9.37 Å². The Morgan fingerprint density at radius 1 is 1.55 bits per heavy atom. The number of methoxy groups -OCH3 is 1. The fourth-order valence-corrected chi connectivity index (χ4v) is 2.48. The van der Waals surface area contributed by atoms with Gasteiger partial charge in [-0.3, -0.25) is 4.57 Å². The summed E-state index contributed by atoms with van der Waals surface area (Å²) in [6, 6.07) is 0. The van der Waals surface area contributed by atoms with E-state index in [1.54, 1.807) is 0 Å². The zero-order chi connectivity index (χ0) is 16.1. The number of alkyl halides is 1. The van der Waals surface area contributed by atoms with Crippen molar-refractivity contribution in [2.45, 2.75) is 24.3 Å². The maximum absolute atomic E-state index is 14.4. The Labute approximate surface area is 127 Å². The van der Waals surface area contributed by atoms with Gasteiger partial charge >= 0.3 is 0 Å². The topological polar surface area (TPSA) is 123 Å².